The third kappa shape index (κ3) is 2.14. The molecule has 0 aliphatic rings. The van der Waals surface area contributed by atoms with Crippen LogP contribution in [-0.2, 0) is 5.41 Å². The molecule has 0 atom stereocenters. The molecule has 3 heteroatoms. The molecule has 0 bridgehead atoms. The lowest BCUT2D eigenvalue weighted by molar-refractivity contribution is 0.585. The summed E-state index contributed by atoms with van der Waals surface area (Å²) in [6, 6.07) is 0. The van der Waals surface area contributed by atoms with Crippen LogP contribution in [0.25, 0.3) is 0 Å². The van der Waals surface area contributed by atoms with E-state index in [4.69, 9.17) is 0 Å². The first-order valence-electron chi connectivity index (χ1n) is 3.92. The SMILES string of the molecule is CN=Cc1cnc(C(C)(C)C)s1. The van der Waals surface area contributed by atoms with Crippen LogP contribution < -0.4 is 0 Å². The van der Waals surface area contributed by atoms with Gasteiger partial charge in [-0.15, -0.1) is 11.3 Å². The van der Waals surface area contributed by atoms with Gasteiger partial charge in [0.1, 0.15) is 0 Å². The molecule has 0 N–H and O–H groups in total. The number of hydrogen-bond donors (Lipinski definition) is 0. The van der Waals surface area contributed by atoms with E-state index in [0.29, 0.717) is 0 Å². The summed E-state index contributed by atoms with van der Waals surface area (Å²) in [7, 11) is 1.77. The number of thiazole rings is 1. The summed E-state index contributed by atoms with van der Waals surface area (Å²) in [5.41, 5.74) is 0.157. The Hall–Kier alpha value is -0.700. The molecule has 1 rings (SSSR count). The fraction of sp³-hybridized carbons (Fsp3) is 0.556. The molecule has 0 aliphatic carbocycles. The minimum atomic E-state index is 0.157. The Morgan fingerprint density at radius 3 is 2.58 bits per heavy atom. The maximum atomic E-state index is 4.33. The molecule has 0 spiro atoms. The number of hydrogen-bond acceptors (Lipinski definition) is 3. The van der Waals surface area contributed by atoms with E-state index in [-0.39, 0.29) is 5.41 Å². The Kier molecular flexibility index (Phi) is 2.62. The first-order chi connectivity index (χ1) is 5.54. The average Bonchev–Trinajstić information content (AvgIpc) is 2.35. The van der Waals surface area contributed by atoms with Crippen molar-refractivity contribution < 1.29 is 0 Å². The predicted molar refractivity (Wildman–Crippen MR) is 54.3 cm³/mol. The zero-order valence-corrected chi connectivity index (χ0v) is 8.77. The molecule has 1 aromatic rings. The van der Waals surface area contributed by atoms with Gasteiger partial charge in [0.05, 0.1) is 9.88 Å². The van der Waals surface area contributed by atoms with Gasteiger partial charge in [-0.3, -0.25) is 4.99 Å². The summed E-state index contributed by atoms with van der Waals surface area (Å²) in [4.78, 5) is 9.41. The molecule has 0 amide bonds. The van der Waals surface area contributed by atoms with Crippen molar-refractivity contribution in [3.8, 4) is 0 Å². The summed E-state index contributed by atoms with van der Waals surface area (Å²) < 4.78 is 0. The molecule has 0 aliphatic heterocycles. The monoisotopic (exact) mass is 182 g/mol. The highest BCUT2D eigenvalue weighted by Gasteiger charge is 2.17. The van der Waals surface area contributed by atoms with E-state index in [1.807, 2.05) is 12.4 Å². The van der Waals surface area contributed by atoms with Crippen LogP contribution >= 0.6 is 11.3 Å². The van der Waals surface area contributed by atoms with Gasteiger partial charge in [0.25, 0.3) is 0 Å². The zero-order valence-electron chi connectivity index (χ0n) is 7.96. The lowest BCUT2D eigenvalue weighted by Gasteiger charge is -2.13. The topological polar surface area (TPSA) is 25.2 Å². The molecule has 1 heterocycles. The van der Waals surface area contributed by atoms with Gasteiger partial charge in [-0.1, -0.05) is 20.8 Å². The Morgan fingerprint density at radius 2 is 2.17 bits per heavy atom. The molecule has 12 heavy (non-hydrogen) atoms. The molecule has 2 nitrogen and oxygen atoms in total. The maximum absolute atomic E-state index is 4.33. The predicted octanol–water partition coefficient (Wildman–Crippen LogP) is 2.49. The molecule has 0 saturated heterocycles. The lowest BCUT2D eigenvalue weighted by atomic mass is 9.98. The largest absolute Gasteiger partial charge is 0.295 e. The molecular weight excluding hydrogens is 168 g/mol. The summed E-state index contributed by atoms with van der Waals surface area (Å²) in [6.07, 6.45) is 3.71. The van der Waals surface area contributed by atoms with Crippen LogP contribution in [0.4, 0.5) is 0 Å². The molecular formula is C9H14N2S. The maximum Gasteiger partial charge on any atom is 0.0985 e. The molecule has 0 fully saturated rings. The van der Waals surface area contributed by atoms with Crippen molar-refractivity contribution in [2.24, 2.45) is 4.99 Å². The number of aliphatic imine (C=N–C) groups is 1. The van der Waals surface area contributed by atoms with Gasteiger partial charge in [0.2, 0.25) is 0 Å². The highest BCUT2D eigenvalue weighted by atomic mass is 32.1. The van der Waals surface area contributed by atoms with Crippen molar-refractivity contribution in [1.82, 2.24) is 4.98 Å². The fourth-order valence-corrected chi connectivity index (χ4v) is 1.72. The number of aromatic nitrogens is 1. The molecule has 0 aromatic carbocycles. The Labute approximate surface area is 77.4 Å². The van der Waals surface area contributed by atoms with E-state index < -0.39 is 0 Å². The number of nitrogens with zero attached hydrogens (tertiary/aromatic N) is 2. The number of rotatable bonds is 1. The first-order valence-corrected chi connectivity index (χ1v) is 4.74. The minimum Gasteiger partial charge on any atom is -0.295 e. The van der Waals surface area contributed by atoms with E-state index in [1.165, 1.54) is 0 Å². The third-order valence-electron chi connectivity index (χ3n) is 1.42. The Bertz CT molecular complexity index is 281. The Morgan fingerprint density at radius 1 is 1.50 bits per heavy atom. The normalized spacial score (nSPS) is 12.7. The van der Waals surface area contributed by atoms with Crippen LogP contribution in [0.3, 0.4) is 0 Å². The van der Waals surface area contributed by atoms with Gasteiger partial charge in [0, 0.05) is 24.9 Å². The lowest BCUT2D eigenvalue weighted by Crippen LogP contribution is -2.09. The van der Waals surface area contributed by atoms with Crippen LogP contribution in [0.2, 0.25) is 0 Å². The second-order valence-electron chi connectivity index (χ2n) is 3.71. The van der Waals surface area contributed by atoms with Gasteiger partial charge in [-0.25, -0.2) is 4.98 Å². The van der Waals surface area contributed by atoms with Crippen LogP contribution in [0.15, 0.2) is 11.2 Å². The zero-order chi connectivity index (χ0) is 9.19. The second kappa shape index (κ2) is 3.35. The molecule has 1 aromatic heterocycles. The van der Waals surface area contributed by atoms with Crippen molar-refractivity contribution in [3.05, 3.63) is 16.1 Å². The van der Waals surface area contributed by atoms with Crippen molar-refractivity contribution in [2.45, 2.75) is 26.2 Å². The van der Waals surface area contributed by atoms with Crippen molar-refractivity contribution in [2.75, 3.05) is 7.05 Å². The van der Waals surface area contributed by atoms with Crippen molar-refractivity contribution in [1.29, 1.82) is 0 Å². The van der Waals surface area contributed by atoms with E-state index in [2.05, 4.69) is 30.7 Å². The highest BCUT2D eigenvalue weighted by Crippen LogP contribution is 2.25. The summed E-state index contributed by atoms with van der Waals surface area (Å²) in [5, 5.41) is 1.16. The molecule has 0 unspecified atom stereocenters. The summed E-state index contributed by atoms with van der Waals surface area (Å²) in [5.74, 6) is 0. The van der Waals surface area contributed by atoms with E-state index in [1.54, 1.807) is 18.4 Å². The van der Waals surface area contributed by atoms with E-state index >= 15 is 0 Å². The smallest absolute Gasteiger partial charge is 0.0985 e. The quantitative estimate of drug-likeness (QED) is 0.612. The Balaban J connectivity index is 2.92. The highest BCUT2D eigenvalue weighted by molar-refractivity contribution is 7.13. The van der Waals surface area contributed by atoms with Gasteiger partial charge < -0.3 is 0 Å². The van der Waals surface area contributed by atoms with E-state index in [0.717, 1.165) is 9.88 Å². The standard InChI is InChI=1S/C9H14N2S/c1-9(2,3)8-11-6-7(12-8)5-10-4/h5-6H,1-4H3. The van der Waals surface area contributed by atoms with Gasteiger partial charge >= 0.3 is 0 Å². The second-order valence-corrected chi connectivity index (χ2v) is 4.77. The fourth-order valence-electron chi connectivity index (χ4n) is 0.820. The van der Waals surface area contributed by atoms with E-state index in [9.17, 15) is 0 Å². The van der Waals surface area contributed by atoms with Crippen LogP contribution in [-0.4, -0.2) is 18.2 Å². The van der Waals surface area contributed by atoms with Crippen molar-refractivity contribution in [3.63, 3.8) is 0 Å². The van der Waals surface area contributed by atoms with Gasteiger partial charge in [0.15, 0.2) is 0 Å². The van der Waals surface area contributed by atoms with Crippen molar-refractivity contribution >= 4 is 17.6 Å². The summed E-state index contributed by atoms with van der Waals surface area (Å²) >= 11 is 1.70. The minimum absolute atomic E-state index is 0.157. The molecule has 0 radical (unpaired) electrons. The van der Waals surface area contributed by atoms with Gasteiger partial charge in [-0.2, -0.15) is 0 Å². The summed E-state index contributed by atoms with van der Waals surface area (Å²) in [6.45, 7) is 6.50. The molecule has 0 saturated carbocycles. The first kappa shape index (κ1) is 9.39. The van der Waals surface area contributed by atoms with Crippen LogP contribution in [0, 0.1) is 0 Å². The van der Waals surface area contributed by atoms with Gasteiger partial charge in [-0.05, 0) is 0 Å². The van der Waals surface area contributed by atoms with Crippen LogP contribution in [0.5, 0.6) is 0 Å². The van der Waals surface area contributed by atoms with Crippen LogP contribution in [0.1, 0.15) is 30.7 Å². The third-order valence-corrected chi connectivity index (χ3v) is 2.78. The molecule has 66 valence electrons. The average molecular weight is 182 g/mol.